The Morgan fingerprint density at radius 3 is 2.56 bits per heavy atom. The lowest BCUT2D eigenvalue weighted by Gasteiger charge is -2.17. The normalized spacial score (nSPS) is 11.8. The monoisotopic (exact) mass is 296 g/mol. The number of hydrogen-bond donors (Lipinski definition) is 0. The van der Waals surface area contributed by atoms with Crippen molar-refractivity contribution in [1.82, 2.24) is 9.97 Å². The molecule has 0 fully saturated rings. The fourth-order valence-corrected chi connectivity index (χ4v) is 2.35. The van der Waals surface area contributed by atoms with Crippen molar-refractivity contribution in [2.75, 3.05) is 0 Å². The van der Waals surface area contributed by atoms with E-state index < -0.39 is 0 Å². The SMILES string of the molecule is CC(C)(C)c1nc(Br)cc(-c2ccsc2)n1. The number of thiophene rings is 1. The molecule has 2 aromatic heterocycles. The second kappa shape index (κ2) is 4.26. The molecule has 2 rings (SSSR count). The van der Waals surface area contributed by atoms with Crippen LogP contribution in [0.15, 0.2) is 27.5 Å². The first-order chi connectivity index (χ1) is 7.47. The lowest BCUT2D eigenvalue weighted by atomic mass is 9.95. The Morgan fingerprint density at radius 2 is 2.00 bits per heavy atom. The van der Waals surface area contributed by atoms with E-state index >= 15 is 0 Å². The van der Waals surface area contributed by atoms with Crippen LogP contribution >= 0.6 is 27.3 Å². The molecule has 0 spiro atoms. The molecule has 0 N–H and O–H groups in total. The van der Waals surface area contributed by atoms with E-state index in [-0.39, 0.29) is 5.41 Å². The molecule has 2 heterocycles. The molecule has 0 saturated heterocycles. The zero-order chi connectivity index (χ0) is 11.8. The van der Waals surface area contributed by atoms with Gasteiger partial charge in [-0.15, -0.1) is 0 Å². The number of aromatic nitrogens is 2. The van der Waals surface area contributed by atoms with Gasteiger partial charge in [0.25, 0.3) is 0 Å². The molecule has 0 unspecified atom stereocenters. The smallest absolute Gasteiger partial charge is 0.135 e. The van der Waals surface area contributed by atoms with Crippen LogP contribution in [0.4, 0.5) is 0 Å². The van der Waals surface area contributed by atoms with Gasteiger partial charge in [-0.1, -0.05) is 20.8 Å². The summed E-state index contributed by atoms with van der Waals surface area (Å²) in [5.41, 5.74) is 2.10. The van der Waals surface area contributed by atoms with Gasteiger partial charge in [-0.3, -0.25) is 0 Å². The van der Waals surface area contributed by atoms with E-state index in [1.165, 1.54) is 0 Å². The summed E-state index contributed by atoms with van der Waals surface area (Å²) in [4.78, 5) is 9.04. The van der Waals surface area contributed by atoms with Gasteiger partial charge in [-0.2, -0.15) is 11.3 Å². The predicted octanol–water partition coefficient (Wildman–Crippen LogP) is 4.27. The summed E-state index contributed by atoms with van der Waals surface area (Å²) in [6, 6.07) is 4.03. The highest BCUT2D eigenvalue weighted by atomic mass is 79.9. The van der Waals surface area contributed by atoms with E-state index in [0.717, 1.165) is 21.7 Å². The molecular formula is C12H13BrN2S. The Balaban J connectivity index is 2.53. The lowest BCUT2D eigenvalue weighted by Crippen LogP contribution is -2.16. The lowest BCUT2D eigenvalue weighted by molar-refractivity contribution is 0.544. The molecule has 0 aliphatic heterocycles. The molecule has 0 aromatic carbocycles. The summed E-state index contributed by atoms with van der Waals surface area (Å²) in [6.45, 7) is 6.35. The Morgan fingerprint density at radius 1 is 1.25 bits per heavy atom. The second-order valence-corrected chi connectivity index (χ2v) is 6.25. The number of halogens is 1. The summed E-state index contributed by atoms with van der Waals surface area (Å²) >= 11 is 5.12. The third kappa shape index (κ3) is 2.50. The quantitative estimate of drug-likeness (QED) is 0.735. The molecule has 4 heteroatoms. The summed E-state index contributed by atoms with van der Waals surface area (Å²) in [5, 5.41) is 4.16. The van der Waals surface area contributed by atoms with Crippen LogP contribution in [0.5, 0.6) is 0 Å². The van der Waals surface area contributed by atoms with Gasteiger partial charge in [0.2, 0.25) is 0 Å². The van der Waals surface area contributed by atoms with Crippen LogP contribution in [0.25, 0.3) is 11.3 Å². The highest BCUT2D eigenvalue weighted by molar-refractivity contribution is 9.10. The van der Waals surface area contributed by atoms with E-state index in [1.807, 2.05) is 6.07 Å². The minimum atomic E-state index is -0.0332. The number of rotatable bonds is 1. The number of hydrogen-bond acceptors (Lipinski definition) is 3. The van der Waals surface area contributed by atoms with Gasteiger partial charge < -0.3 is 0 Å². The van der Waals surface area contributed by atoms with Crippen LogP contribution in [-0.2, 0) is 5.41 Å². The van der Waals surface area contributed by atoms with E-state index in [2.05, 4.69) is 63.5 Å². The van der Waals surface area contributed by atoms with Crippen molar-refractivity contribution < 1.29 is 0 Å². The van der Waals surface area contributed by atoms with Crippen molar-refractivity contribution in [1.29, 1.82) is 0 Å². The Hall–Kier alpha value is -0.740. The highest BCUT2D eigenvalue weighted by Gasteiger charge is 2.19. The summed E-state index contributed by atoms with van der Waals surface area (Å²) in [5.74, 6) is 0.864. The van der Waals surface area contributed by atoms with E-state index in [4.69, 9.17) is 0 Å². The molecule has 2 nitrogen and oxygen atoms in total. The molecule has 0 amide bonds. The van der Waals surface area contributed by atoms with Crippen molar-refractivity contribution in [3.05, 3.63) is 33.3 Å². The standard InChI is InChI=1S/C12H13BrN2S/c1-12(2,3)11-14-9(6-10(13)15-11)8-4-5-16-7-8/h4-7H,1-3H3. The van der Waals surface area contributed by atoms with Crippen molar-refractivity contribution in [3.63, 3.8) is 0 Å². The topological polar surface area (TPSA) is 25.8 Å². The van der Waals surface area contributed by atoms with Gasteiger partial charge in [0, 0.05) is 16.4 Å². The van der Waals surface area contributed by atoms with Gasteiger partial charge in [-0.05, 0) is 33.4 Å². The molecule has 0 atom stereocenters. The summed E-state index contributed by atoms with van der Waals surface area (Å²) in [7, 11) is 0. The van der Waals surface area contributed by atoms with Crippen molar-refractivity contribution >= 4 is 27.3 Å². The van der Waals surface area contributed by atoms with Crippen LogP contribution < -0.4 is 0 Å². The van der Waals surface area contributed by atoms with Crippen molar-refractivity contribution in [3.8, 4) is 11.3 Å². The largest absolute Gasteiger partial charge is 0.232 e. The highest BCUT2D eigenvalue weighted by Crippen LogP contribution is 2.26. The minimum absolute atomic E-state index is 0.0332. The average molecular weight is 297 g/mol. The van der Waals surface area contributed by atoms with Gasteiger partial charge in [0.1, 0.15) is 10.4 Å². The molecule has 0 saturated carbocycles. The Kier molecular flexibility index (Phi) is 3.13. The Labute approximate surface area is 108 Å². The molecule has 0 aliphatic carbocycles. The zero-order valence-electron chi connectivity index (χ0n) is 9.49. The molecule has 0 radical (unpaired) electrons. The fraction of sp³-hybridized carbons (Fsp3) is 0.333. The third-order valence-electron chi connectivity index (χ3n) is 2.18. The maximum absolute atomic E-state index is 4.61. The summed E-state index contributed by atoms with van der Waals surface area (Å²) < 4.78 is 0.841. The van der Waals surface area contributed by atoms with Crippen LogP contribution in [0.3, 0.4) is 0 Å². The first-order valence-corrected chi connectivity index (χ1v) is 6.78. The van der Waals surface area contributed by atoms with E-state index in [0.29, 0.717) is 0 Å². The van der Waals surface area contributed by atoms with Gasteiger partial charge in [0.15, 0.2) is 0 Å². The molecule has 84 valence electrons. The molecule has 0 aliphatic rings. The van der Waals surface area contributed by atoms with Crippen LogP contribution in [0.1, 0.15) is 26.6 Å². The van der Waals surface area contributed by atoms with Crippen molar-refractivity contribution in [2.45, 2.75) is 26.2 Å². The fourth-order valence-electron chi connectivity index (χ4n) is 1.31. The minimum Gasteiger partial charge on any atom is -0.232 e. The first-order valence-electron chi connectivity index (χ1n) is 5.04. The van der Waals surface area contributed by atoms with Crippen LogP contribution in [0.2, 0.25) is 0 Å². The Bertz CT molecular complexity index is 486. The zero-order valence-corrected chi connectivity index (χ0v) is 11.9. The molecule has 0 bridgehead atoms. The average Bonchev–Trinajstić information content (AvgIpc) is 2.68. The van der Waals surface area contributed by atoms with E-state index in [9.17, 15) is 0 Å². The van der Waals surface area contributed by atoms with Crippen LogP contribution in [0, 0.1) is 0 Å². The van der Waals surface area contributed by atoms with Gasteiger partial charge >= 0.3 is 0 Å². The molecular weight excluding hydrogens is 284 g/mol. The molecule has 16 heavy (non-hydrogen) atoms. The maximum atomic E-state index is 4.61. The van der Waals surface area contributed by atoms with Gasteiger partial charge in [-0.25, -0.2) is 9.97 Å². The number of nitrogens with zero attached hydrogens (tertiary/aromatic N) is 2. The summed E-state index contributed by atoms with van der Waals surface area (Å²) in [6.07, 6.45) is 0. The predicted molar refractivity (Wildman–Crippen MR) is 71.7 cm³/mol. The van der Waals surface area contributed by atoms with Gasteiger partial charge in [0.05, 0.1) is 5.69 Å². The van der Waals surface area contributed by atoms with Crippen LogP contribution in [-0.4, -0.2) is 9.97 Å². The van der Waals surface area contributed by atoms with E-state index in [1.54, 1.807) is 11.3 Å². The third-order valence-corrected chi connectivity index (χ3v) is 3.27. The maximum Gasteiger partial charge on any atom is 0.135 e. The first kappa shape index (κ1) is 11.7. The molecule has 2 aromatic rings. The second-order valence-electron chi connectivity index (χ2n) is 4.66. The van der Waals surface area contributed by atoms with Crippen molar-refractivity contribution in [2.24, 2.45) is 0 Å².